The van der Waals surface area contributed by atoms with Crippen molar-refractivity contribution >= 4 is 39.1 Å². The van der Waals surface area contributed by atoms with Crippen LogP contribution in [0.5, 0.6) is 0 Å². The minimum atomic E-state index is -3.56. The molecule has 1 fully saturated rings. The third-order valence-electron chi connectivity index (χ3n) is 6.08. The Morgan fingerprint density at radius 3 is 1.91 bits per heavy atom. The first-order chi connectivity index (χ1) is 16.8. The number of nitrogens with one attached hydrogen (secondary N) is 2. The topological polar surface area (TPSA) is 78.5 Å². The van der Waals surface area contributed by atoms with Crippen LogP contribution in [0.2, 0.25) is 10.0 Å². The fourth-order valence-corrected chi connectivity index (χ4v) is 5.70. The van der Waals surface area contributed by atoms with E-state index in [1.54, 1.807) is 52.8 Å². The van der Waals surface area contributed by atoms with Gasteiger partial charge in [-0.3, -0.25) is 4.79 Å². The summed E-state index contributed by atoms with van der Waals surface area (Å²) in [6, 6.07) is 21.3. The molecular weight excluding hydrogens is 505 g/mol. The molecule has 4 rings (SSSR count). The van der Waals surface area contributed by atoms with Crippen LogP contribution < -0.4 is 10.6 Å². The molecule has 0 saturated carbocycles. The van der Waals surface area contributed by atoms with Gasteiger partial charge in [-0.2, -0.15) is 4.31 Å². The summed E-state index contributed by atoms with van der Waals surface area (Å²) in [4.78, 5) is 12.5. The quantitative estimate of drug-likeness (QED) is 0.434. The van der Waals surface area contributed by atoms with E-state index in [2.05, 4.69) is 10.6 Å². The van der Waals surface area contributed by atoms with Crippen LogP contribution in [0, 0.1) is 0 Å². The van der Waals surface area contributed by atoms with Gasteiger partial charge < -0.3 is 10.6 Å². The van der Waals surface area contributed by atoms with E-state index in [1.807, 2.05) is 24.3 Å². The zero-order valence-electron chi connectivity index (χ0n) is 19.1. The summed E-state index contributed by atoms with van der Waals surface area (Å²) in [5.41, 5.74) is 2.48. The molecule has 1 saturated heterocycles. The molecular formula is C26H27Cl2N3O3S. The van der Waals surface area contributed by atoms with Crippen molar-refractivity contribution in [2.75, 3.05) is 13.1 Å². The average molecular weight is 532 g/mol. The van der Waals surface area contributed by atoms with Crippen molar-refractivity contribution in [1.29, 1.82) is 0 Å². The molecule has 3 aromatic carbocycles. The van der Waals surface area contributed by atoms with Gasteiger partial charge in [-0.15, -0.1) is 0 Å². The minimum absolute atomic E-state index is 0.217. The smallest absolute Gasteiger partial charge is 0.251 e. The standard InChI is InChI=1S/C26H27Cl2N3O3S/c27-22-7-1-19(2-8-22)17-29-24-13-15-31(16-14-24)35(33,34)25-11-3-20(4-12-25)18-30-26(32)21-5-9-23(28)10-6-21/h1-12,24,29H,13-18H2,(H,30,32). The van der Waals surface area contributed by atoms with Crippen LogP contribution in [-0.4, -0.2) is 37.8 Å². The van der Waals surface area contributed by atoms with Crippen molar-refractivity contribution in [2.24, 2.45) is 0 Å². The van der Waals surface area contributed by atoms with Crippen LogP contribution in [0.3, 0.4) is 0 Å². The number of rotatable bonds is 8. The SMILES string of the molecule is O=C(NCc1ccc(S(=O)(=O)N2CCC(NCc3ccc(Cl)cc3)CC2)cc1)c1ccc(Cl)cc1. The largest absolute Gasteiger partial charge is 0.348 e. The molecule has 1 amide bonds. The molecule has 35 heavy (non-hydrogen) atoms. The lowest BCUT2D eigenvalue weighted by Crippen LogP contribution is -2.44. The van der Waals surface area contributed by atoms with E-state index in [-0.39, 0.29) is 16.8 Å². The lowest BCUT2D eigenvalue weighted by atomic mass is 10.1. The molecule has 9 heteroatoms. The molecule has 0 radical (unpaired) electrons. The van der Waals surface area contributed by atoms with Crippen LogP contribution in [-0.2, 0) is 23.1 Å². The molecule has 6 nitrogen and oxygen atoms in total. The molecule has 2 N–H and O–H groups in total. The Labute approximate surface area is 216 Å². The number of carbonyl (C=O) groups excluding carboxylic acids is 1. The number of hydrogen-bond acceptors (Lipinski definition) is 4. The summed E-state index contributed by atoms with van der Waals surface area (Å²) in [5, 5.41) is 7.62. The summed E-state index contributed by atoms with van der Waals surface area (Å²) in [6.45, 7) is 1.97. The van der Waals surface area contributed by atoms with Gasteiger partial charge in [-0.25, -0.2) is 8.42 Å². The average Bonchev–Trinajstić information content (AvgIpc) is 2.88. The molecule has 0 atom stereocenters. The Hall–Kier alpha value is -2.42. The highest BCUT2D eigenvalue weighted by molar-refractivity contribution is 7.89. The fraction of sp³-hybridized carbons (Fsp3) is 0.269. The van der Waals surface area contributed by atoms with Crippen molar-refractivity contribution in [1.82, 2.24) is 14.9 Å². The number of amides is 1. The van der Waals surface area contributed by atoms with Gasteiger partial charge in [0.2, 0.25) is 10.0 Å². The van der Waals surface area contributed by atoms with Crippen molar-refractivity contribution < 1.29 is 13.2 Å². The summed E-state index contributed by atoms with van der Waals surface area (Å²) in [7, 11) is -3.56. The molecule has 0 unspecified atom stereocenters. The number of benzene rings is 3. The molecule has 0 bridgehead atoms. The van der Waals surface area contributed by atoms with E-state index in [0.717, 1.165) is 30.5 Å². The molecule has 1 heterocycles. The monoisotopic (exact) mass is 531 g/mol. The predicted octanol–water partition coefficient (Wildman–Crippen LogP) is 4.87. The second kappa shape index (κ2) is 11.5. The molecule has 0 aliphatic carbocycles. The molecule has 0 spiro atoms. The first-order valence-electron chi connectivity index (χ1n) is 11.4. The van der Waals surface area contributed by atoms with Gasteiger partial charge in [-0.1, -0.05) is 47.5 Å². The van der Waals surface area contributed by atoms with Crippen molar-refractivity contribution in [3.05, 3.63) is 99.5 Å². The highest BCUT2D eigenvalue weighted by atomic mass is 35.5. The van der Waals surface area contributed by atoms with Crippen LogP contribution in [0.15, 0.2) is 77.7 Å². The van der Waals surface area contributed by atoms with Gasteiger partial charge in [0.25, 0.3) is 5.91 Å². The normalized spacial score (nSPS) is 15.1. The Balaban J connectivity index is 1.27. The number of piperidine rings is 1. The Kier molecular flexibility index (Phi) is 8.46. The predicted molar refractivity (Wildman–Crippen MR) is 139 cm³/mol. The summed E-state index contributed by atoms with van der Waals surface area (Å²) >= 11 is 11.8. The highest BCUT2D eigenvalue weighted by Crippen LogP contribution is 2.22. The second-order valence-electron chi connectivity index (χ2n) is 8.52. The number of halogens is 2. The third kappa shape index (κ3) is 6.84. The molecule has 1 aliphatic rings. The first-order valence-corrected chi connectivity index (χ1v) is 13.6. The molecule has 3 aromatic rings. The highest BCUT2D eigenvalue weighted by Gasteiger charge is 2.29. The maximum Gasteiger partial charge on any atom is 0.251 e. The van der Waals surface area contributed by atoms with Crippen LogP contribution in [0.1, 0.15) is 34.3 Å². The van der Waals surface area contributed by atoms with E-state index in [0.29, 0.717) is 35.2 Å². The van der Waals surface area contributed by atoms with Gasteiger partial charge >= 0.3 is 0 Å². The van der Waals surface area contributed by atoms with E-state index >= 15 is 0 Å². The van der Waals surface area contributed by atoms with E-state index in [9.17, 15) is 13.2 Å². The van der Waals surface area contributed by atoms with E-state index < -0.39 is 10.0 Å². The minimum Gasteiger partial charge on any atom is -0.348 e. The Morgan fingerprint density at radius 1 is 0.800 bits per heavy atom. The van der Waals surface area contributed by atoms with Crippen molar-refractivity contribution in [3.63, 3.8) is 0 Å². The lowest BCUT2D eigenvalue weighted by molar-refractivity contribution is 0.0951. The second-order valence-corrected chi connectivity index (χ2v) is 11.3. The van der Waals surface area contributed by atoms with E-state index in [1.165, 1.54) is 0 Å². The molecule has 184 valence electrons. The summed E-state index contributed by atoms with van der Waals surface area (Å²) < 4.78 is 27.8. The van der Waals surface area contributed by atoms with Crippen LogP contribution in [0.4, 0.5) is 0 Å². The van der Waals surface area contributed by atoms with E-state index in [4.69, 9.17) is 23.2 Å². The molecule has 1 aliphatic heterocycles. The maximum absolute atomic E-state index is 13.1. The van der Waals surface area contributed by atoms with Gasteiger partial charge in [0.1, 0.15) is 0 Å². The maximum atomic E-state index is 13.1. The van der Waals surface area contributed by atoms with Gasteiger partial charge in [0.15, 0.2) is 0 Å². The van der Waals surface area contributed by atoms with Crippen LogP contribution in [0.25, 0.3) is 0 Å². The first kappa shape index (κ1) is 25.7. The third-order valence-corrected chi connectivity index (χ3v) is 8.50. The van der Waals surface area contributed by atoms with Crippen LogP contribution >= 0.6 is 23.2 Å². The molecule has 0 aromatic heterocycles. The summed E-state index contributed by atoms with van der Waals surface area (Å²) in [6.07, 6.45) is 1.50. The van der Waals surface area contributed by atoms with Crippen molar-refractivity contribution in [2.45, 2.75) is 36.9 Å². The summed E-state index contributed by atoms with van der Waals surface area (Å²) in [5.74, 6) is -0.217. The Morgan fingerprint density at radius 2 is 1.31 bits per heavy atom. The zero-order valence-corrected chi connectivity index (χ0v) is 21.4. The number of sulfonamides is 1. The Bertz CT molecular complexity index is 1240. The number of nitrogens with zero attached hydrogens (tertiary/aromatic N) is 1. The fourth-order valence-electron chi connectivity index (χ4n) is 3.98. The number of carbonyl (C=O) groups is 1. The van der Waals surface area contributed by atoms with Gasteiger partial charge in [0.05, 0.1) is 4.90 Å². The van der Waals surface area contributed by atoms with Crippen molar-refractivity contribution in [3.8, 4) is 0 Å². The van der Waals surface area contributed by atoms with Gasteiger partial charge in [-0.05, 0) is 72.5 Å². The van der Waals surface area contributed by atoms with Gasteiger partial charge in [0, 0.05) is 47.8 Å². The zero-order chi connectivity index (χ0) is 24.8. The lowest BCUT2D eigenvalue weighted by Gasteiger charge is -2.31. The number of hydrogen-bond donors (Lipinski definition) is 2.